The molecule has 19 heavy (non-hydrogen) atoms. The van der Waals surface area contributed by atoms with Gasteiger partial charge >= 0.3 is 6.03 Å². The highest BCUT2D eigenvalue weighted by Gasteiger charge is 2.20. The van der Waals surface area contributed by atoms with Crippen LogP contribution in [0.4, 0.5) is 16.2 Å². The number of hydrogen-bond acceptors (Lipinski definition) is 4. The lowest BCUT2D eigenvalue weighted by atomic mass is 10.1. The molecule has 0 spiro atoms. The quantitative estimate of drug-likeness (QED) is 0.368. The third-order valence-corrected chi connectivity index (χ3v) is 2.85. The molecule has 0 aliphatic carbocycles. The average molecular weight is 264 g/mol. The maximum Gasteiger partial charge on any atom is 0.327 e. The number of nitrogen functional groups attached to an aromatic ring is 1. The average Bonchev–Trinajstić information content (AvgIpc) is 2.38. The maximum absolute atomic E-state index is 12.1. The van der Waals surface area contributed by atoms with E-state index in [0.29, 0.717) is 17.8 Å². The Balaban J connectivity index is 2.82. The first kappa shape index (κ1) is 15.0. The van der Waals surface area contributed by atoms with Crippen molar-refractivity contribution >= 4 is 23.7 Å². The summed E-state index contributed by atoms with van der Waals surface area (Å²) in [5.41, 5.74) is 6.71. The van der Waals surface area contributed by atoms with Crippen molar-refractivity contribution in [1.29, 1.82) is 5.41 Å². The Labute approximate surface area is 112 Å². The fourth-order valence-corrected chi connectivity index (χ4v) is 1.68. The minimum absolute atomic E-state index is 0.344. The molecule has 0 unspecified atom stereocenters. The SMILES string of the molecule is CC[C@H](NC(=O)N(C=N)c1ccc(N)cc1)[C@H](C)O. The summed E-state index contributed by atoms with van der Waals surface area (Å²) in [6.07, 6.45) is 0.889. The second kappa shape index (κ2) is 6.75. The number of aliphatic hydroxyl groups is 1. The minimum atomic E-state index is -0.645. The molecule has 5 N–H and O–H groups in total. The van der Waals surface area contributed by atoms with Gasteiger partial charge in [-0.2, -0.15) is 0 Å². The smallest absolute Gasteiger partial charge is 0.327 e. The number of urea groups is 1. The minimum Gasteiger partial charge on any atom is -0.399 e. The van der Waals surface area contributed by atoms with Gasteiger partial charge in [0.1, 0.15) is 0 Å². The van der Waals surface area contributed by atoms with Crippen molar-refractivity contribution in [3.05, 3.63) is 24.3 Å². The van der Waals surface area contributed by atoms with Crippen molar-refractivity contribution in [3.63, 3.8) is 0 Å². The van der Waals surface area contributed by atoms with E-state index in [-0.39, 0.29) is 6.04 Å². The van der Waals surface area contributed by atoms with Crippen LogP contribution in [-0.4, -0.2) is 29.6 Å². The van der Waals surface area contributed by atoms with Crippen molar-refractivity contribution in [2.45, 2.75) is 32.4 Å². The number of aliphatic hydroxyl groups excluding tert-OH is 1. The summed E-state index contributed by atoms with van der Waals surface area (Å²) in [5, 5.41) is 19.5. The van der Waals surface area contributed by atoms with Gasteiger partial charge < -0.3 is 16.2 Å². The predicted octanol–water partition coefficient (Wildman–Crippen LogP) is 1.55. The van der Waals surface area contributed by atoms with Crippen LogP contribution in [-0.2, 0) is 0 Å². The molecule has 1 rings (SSSR count). The number of anilines is 2. The molecule has 104 valence electrons. The van der Waals surface area contributed by atoms with Gasteiger partial charge in [-0.3, -0.25) is 10.3 Å². The first-order chi connectivity index (χ1) is 8.99. The van der Waals surface area contributed by atoms with Crippen LogP contribution in [0.5, 0.6) is 0 Å². The summed E-state index contributed by atoms with van der Waals surface area (Å²) >= 11 is 0. The second-order valence-corrected chi connectivity index (χ2v) is 4.30. The molecule has 0 fully saturated rings. The van der Waals surface area contributed by atoms with E-state index < -0.39 is 12.1 Å². The third-order valence-electron chi connectivity index (χ3n) is 2.85. The van der Waals surface area contributed by atoms with E-state index in [2.05, 4.69) is 5.32 Å². The van der Waals surface area contributed by atoms with Gasteiger partial charge in [-0.05, 0) is 37.6 Å². The Morgan fingerprint density at radius 2 is 2.11 bits per heavy atom. The van der Waals surface area contributed by atoms with Crippen molar-refractivity contribution in [2.24, 2.45) is 0 Å². The molecule has 0 saturated carbocycles. The van der Waals surface area contributed by atoms with Crippen molar-refractivity contribution in [2.75, 3.05) is 10.6 Å². The summed E-state index contributed by atoms with van der Waals surface area (Å²) in [6.45, 7) is 3.49. The standard InChI is InChI=1S/C13H20N4O2/c1-3-12(9(2)18)16-13(19)17(8-14)11-6-4-10(15)5-7-11/h4-9,12,14,18H,3,15H2,1-2H3,(H,16,19)/t9-,12-/m0/s1. The number of nitrogens with one attached hydrogen (secondary N) is 2. The third kappa shape index (κ3) is 3.96. The number of nitrogens with zero attached hydrogens (tertiary/aromatic N) is 1. The molecule has 0 radical (unpaired) electrons. The Morgan fingerprint density at radius 1 is 1.53 bits per heavy atom. The molecule has 2 atom stereocenters. The van der Waals surface area contributed by atoms with E-state index >= 15 is 0 Å². The number of nitrogens with two attached hydrogens (primary N) is 1. The molecule has 1 aromatic carbocycles. The molecular weight excluding hydrogens is 244 g/mol. The van der Waals surface area contributed by atoms with Gasteiger partial charge in [0.2, 0.25) is 0 Å². The fraction of sp³-hybridized carbons (Fsp3) is 0.385. The Hall–Kier alpha value is -2.08. The number of benzene rings is 1. The zero-order valence-corrected chi connectivity index (χ0v) is 11.1. The Bertz CT molecular complexity index is 431. The van der Waals surface area contributed by atoms with Gasteiger partial charge in [0.05, 0.1) is 24.2 Å². The number of rotatable bonds is 5. The lowest BCUT2D eigenvalue weighted by Crippen LogP contribution is -2.48. The highest BCUT2D eigenvalue weighted by molar-refractivity contribution is 6.06. The number of amides is 2. The second-order valence-electron chi connectivity index (χ2n) is 4.30. The zero-order valence-electron chi connectivity index (χ0n) is 11.1. The van der Waals surface area contributed by atoms with Crippen LogP contribution in [0.1, 0.15) is 20.3 Å². The maximum atomic E-state index is 12.1. The fourth-order valence-electron chi connectivity index (χ4n) is 1.68. The summed E-state index contributed by atoms with van der Waals surface area (Å²) in [6, 6.07) is 5.83. The van der Waals surface area contributed by atoms with Crippen molar-refractivity contribution in [3.8, 4) is 0 Å². The molecule has 6 heteroatoms. The summed E-state index contributed by atoms with van der Waals surface area (Å²) < 4.78 is 0. The van der Waals surface area contributed by atoms with E-state index in [4.69, 9.17) is 11.1 Å². The first-order valence-corrected chi connectivity index (χ1v) is 6.13. The highest BCUT2D eigenvalue weighted by atomic mass is 16.3. The van der Waals surface area contributed by atoms with Crippen LogP contribution in [0, 0.1) is 5.41 Å². The molecule has 1 aromatic rings. The Kier molecular flexibility index (Phi) is 5.32. The molecule has 6 nitrogen and oxygen atoms in total. The zero-order chi connectivity index (χ0) is 14.4. The van der Waals surface area contributed by atoms with E-state index in [1.807, 2.05) is 6.92 Å². The monoisotopic (exact) mass is 264 g/mol. The van der Waals surface area contributed by atoms with Crippen LogP contribution < -0.4 is 16.0 Å². The van der Waals surface area contributed by atoms with Gasteiger partial charge in [0, 0.05) is 5.69 Å². The number of hydrogen-bond donors (Lipinski definition) is 4. The molecule has 0 aliphatic rings. The summed E-state index contributed by atoms with van der Waals surface area (Å²) in [4.78, 5) is 13.2. The largest absolute Gasteiger partial charge is 0.399 e. The molecular formula is C13H20N4O2. The van der Waals surface area contributed by atoms with E-state index in [0.717, 1.165) is 11.2 Å². The Morgan fingerprint density at radius 3 is 2.53 bits per heavy atom. The molecule has 0 saturated heterocycles. The molecule has 2 amide bonds. The summed E-state index contributed by atoms with van der Waals surface area (Å²) in [7, 11) is 0. The van der Waals surface area contributed by atoms with Crippen LogP contribution in [0.25, 0.3) is 0 Å². The first-order valence-electron chi connectivity index (χ1n) is 6.13. The van der Waals surface area contributed by atoms with Crippen LogP contribution in [0.3, 0.4) is 0 Å². The van der Waals surface area contributed by atoms with Crippen LogP contribution in [0.2, 0.25) is 0 Å². The van der Waals surface area contributed by atoms with Crippen molar-refractivity contribution < 1.29 is 9.90 Å². The van der Waals surface area contributed by atoms with E-state index in [1.54, 1.807) is 31.2 Å². The topological polar surface area (TPSA) is 102 Å². The molecule has 0 bridgehead atoms. The lowest BCUT2D eigenvalue weighted by molar-refractivity contribution is 0.145. The van der Waals surface area contributed by atoms with E-state index in [9.17, 15) is 9.90 Å². The van der Waals surface area contributed by atoms with Crippen LogP contribution >= 0.6 is 0 Å². The molecule has 0 aromatic heterocycles. The predicted molar refractivity (Wildman–Crippen MR) is 76.4 cm³/mol. The summed E-state index contributed by atoms with van der Waals surface area (Å²) in [5.74, 6) is 0. The van der Waals surface area contributed by atoms with Gasteiger partial charge in [-0.1, -0.05) is 6.92 Å². The highest BCUT2D eigenvalue weighted by Crippen LogP contribution is 2.15. The van der Waals surface area contributed by atoms with Gasteiger partial charge in [0.25, 0.3) is 0 Å². The lowest BCUT2D eigenvalue weighted by Gasteiger charge is -2.24. The number of carbonyl (C=O) groups excluding carboxylic acids is 1. The van der Waals surface area contributed by atoms with Crippen LogP contribution in [0.15, 0.2) is 24.3 Å². The molecule has 0 aliphatic heterocycles. The number of carbonyl (C=O) groups is 1. The normalized spacial score (nSPS) is 13.4. The van der Waals surface area contributed by atoms with Gasteiger partial charge in [-0.15, -0.1) is 0 Å². The van der Waals surface area contributed by atoms with Gasteiger partial charge in [-0.25, -0.2) is 4.79 Å². The van der Waals surface area contributed by atoms with Gasteiger partial charge in [0.15, 0.2) is 0 Å². The van der Waals surface area contributed by atoms with Crippen molar-refractivity contribution in [1.82, 2.24) is 5.32 Å². The molecule has 0 heterocycles. The van der Waals surface area contributed by atoms with E-state index in [1.165, 1.54) is 0 Å².